The predicted molar refractivity (Wildman–Crippen MR) is 76.0 cm³/mol. The lowest BCUT2D eigenvalue weighted by Gasteiger charge is -2.61. The summed E-state index contributed by atoms with van der Waals surface area (Å²) in [7, 11) is 0. The molecule has 2 N–H and O–H groups in total. The molecule has 1 amide bonds. The second-order valence-corrected chi connectivity index (χ2v) is 6.37. The molecule has 2 rings (SSSR count). The summed E-state index contributed by atoms with van der Waals surface area (Å²) in [4.78, 5) is 11.9. The highest BCUT2D eigenvalue weighted by Gasteiger charge is 2.59. The minimum atomic E-state index is -0.118. The van der Waals surface area contributed by atoms with Crippen LogP contribution in [0.1, 0.15) is 53.4 Å². The van der Waals surface area contributed by atoms with Gasteiger partial charge in [-0.2, -0.15) is 0 Å². The average Bonchev–Trinajstić information content (AvgIpc) is 2.23. The summed E-state index contributed by atoms with van der Waals surface area (Å²) in [5.41, 5.74) is 0.322. The Kier molecular flexibility index (Phi) is 4.51. The van der Waals surface area contributed by atoms with Crippen LogP contribution in [-0.4, -0.2) is 36.7 Å². The van der Waals surface area contributed by atoms with E-state index < -0.39 is 0 Å². The summed E-state index contributed by atoms with van der Waals surface area (Å²) >= 11 is 0. The van der Waals surface area contributed by atoms with Gasteiger partial charge in [-0.3, -0.25) is 4.79 Å². The minimum Gasteiger partial charge on any atom is -0.378 e. The van der Waals surface area contributed by atoms with Crippen LogP contribution in [0.15, 0.2) is 0 Å². The monoisotopic (exact) mass is 268 g/mol. The van der Waals surface area contributed by atoms with Crippen molar-refractivity contribution < 1.29 is 9.53 Å². The van der Waals surface area contributed by atoms with Crippen molar-refractivity contribution in [1.29, 1.82) is 0 Å². The molecule has 2 aliphatic rings. The Hall–Kier alpha value is -0.610. The fraction of sp³-hybridized carbons (Fsp3) is 0.933. The maximum absolute atomic E-state index is 11.9. The Balaban J connectivity index is 1.85. The number of amides is 1. The zero-order chi connectivity index (χ0) is 14.0. The van der Waals surface area contributed by atoms with Crippen LogP contribution in [0.2, 0.25) is 0 Å². The first-order chi connectivity index (χ1) is 8.99. The van der Waals surface area contributed by atoms with Crippen molar-refractivity contribution in [2.45, 2.75) is 77.6 Å². The van der Waals surface area contributed by atoms with Gasteiger partial charge < -0.3 is 15.4 Å². The Bertz CT molecular complexity index is 326. The van der Waals surface area contributed by atoms with E-state index >= 15 is 0 Å². The molecule has 0 aromatic carbocycles. The van der Waals surface area contributed by atoms with Crippen LogP contribution >= 0.6 is 0 Å². The van der Waals surface area contributed by atoms with Crippen LogP contribution in [-0.2, 0) is 9.53 Å². The van der Waals surface area contributed by atoms with E-state index in [9.17, 15) is 4.79 Å². The van der Waals surface area contributed by atoms with Gasteiger partial charge in [0.25, 0.3) is 0 Å². The lowest BCUT2D eigenvalue weighted by Crippen LogP contribution is -2.69. The third-order valence-electron chi connectivity index (χ3n) is 4.71. The standard InChI is InChI=1S/C15H28N2O2/c1-5-19-13-9-12(15(13)7-6-8-15)17-11(4)14(18)16-10(2)3/h10-13,17H,5-9H2,1-4H3,(H,16,18). The first-order valence-corrected chi connectivity index (χ1v) is 7.67. The van der Waals surface area contributed by atoms with Gasteiger partial charge in [-0.05, 0) is 47.0 Å². The SMILES string of the molecule is CCOC1CC(NC(C)C(=O)NC(C)C)C12CCC2. The quantitative estimate of drug-likeness (QED) is 0.773. The normalized spacial score (nSPS) is 29.7. The molecule has 3 atom stereocenters. The van der Waals surface area contributed by atoms with Gasteiger partial charge in [-0.25, -0.2) is 0 Å². The molecule has 0 bridgehead atoms. The van der Waals surface area contributed by atoms with E-state index in [1.807, 2.05) is 20.8 Å². The summed E-state index contributed by atoms with van der Waals surface area (Å²) in [5, 5.41) is 6.47. The zero-order valence-corrected chi connectivity index (χ0v) is 12.7. The average molecular weight is 268 g/mol. The highest BCUT2D eigenvalue weighted by atomic mass is 16.5. The van der Waals surface area contributed by atoms with Crippen LogP contribution in [0, 0.1) is 5.41 Å². The molecular weight excluding hydrogens is 240 g/mol. The van der Waals surface area contributed by atoms with Crippen molar-refractivity contribution in [2.24, 2.45) is 5.41 Å². The number of hydrogen-bond donors (Lipinski definition) is 2. The van der Waals surface area contributed by atoms with E-state index in [1.165, 1.54) is 19.3 Å². The summed E-state index contributed by atoms with van der Waals surface area (Å²) < 4.78 is 5.83. The summed E-state index contributed by atoms with van der Waals surface area (Å²) in [6.07, 6.45) is 5.24. The Morgan fingerprint density at radius 1 is 1.37 bits per heavy atom. The molecular formula is C15H28N2O2. The first kappa shape index (κ1) is 14.8. The van der Waals surface area contributed by atoms with Gasteiger partial charge in [0.2, 0.25) is 5.91 Å². The molecule has 0 aromatic rings. The molecule has 0 aliphatic heterocycles. The van der Waals surface area contributed by atoms with Gasteiger partial charge in [0.1, 0.15) is 0 Å². The molecule has 0 saturated heterocycles. The predicted octanol–water partition coefficient (Wildman–Crippen LogP) is 1.84. The number of hydrogen-bond acceptors (Lipinski definition) is 3. The van der Waals surface area contributed by atoms with Crippen molar-refractivity contribution in [3.05, 3.63) is 0 Å². The second kappa shape index (κ2) is 5.80. The smallest absolute Gasteiger partial charge is 0.237 e. The maximum atomic E-state index is 11.9. The van der Waals surface area contributed by atoms with Gasteiger partial charge in [-0.15, -0.1) is 0 Å². The van der Waals surface area contributed by atoms with E-state index in [1.54, 1.807) is 0 Å². The molecule has 2 fully saturated rings. The first-order valence-electron chi connectivity index (χ1n) is 7.67. The maximum Gasteiger partial charge on any atom is 0.237 e. The minimum absolute atomic E-state index is 0.101. The fourth-order valence-corrected chi connectivity index (χ4v) is 3.46. The molecule has 110 valence electrons. The molecule has 2 saturated carbocycles. The highest BCUT2D eigenvalue weighted by Crippen LogP contribution is 2.57. The topological polar surface area (TPSA) is 50.4 Å². The van der Waals surface area contributed by atoms with Gasteiger partial charge in [0.15, 0.2) is 0 Å². The van der Waals surface area contributed by atoms with Gasteiger partial charge in [0, 0.05) is 24.1 Å². The molecule has 0 radical (unpaired) electrons. The molecule has 3 unspecified atom stereocenters. The number of nitrogens with one attached hydrogen (secondary N) is 2. The van der Waals surface area contributed by atoms with Gasteiger partial charge >= 0.3 is 0 Å². The van der Waals surface area contributed by atoms with E-state index in [0.717, 1.165) is 13.0 Å². The Morgan fingerprint density at radius 2 is 2.05 bits per heavy atom. The molecule has 0 heterocycles. The molecule has 4 heteroatoms. The van der Waals surface area contributed by atoms with Gasteiger partial charge in [0.05, 0.1) is 12.1 Å². The van der Waals surface area contributed by atoms with Crippen molar-refractivity contribution in [3.8, 4) is 0 Å². The Labute approximate surface area is 116 Å². The van der Waals surface area contributed by atoms with E-state index in [4.69, 9.17) is 4.74 Å². The van der Waals surface area contributed by atoms with Crippen LogP contribution in [0.25, 0.3) is 0 Å². The molecule has 0 aromatic heterocycles. The van der Waals surface area contributed by atoms with E-state index in [2.05, 4.69) is 17.6 Å². The van der Waals surface area contributed by atoms with Gasteiger partial charge in [-0.1, -0.05) is 6.42 Å². The number of rotatable bonds is 6. The number of carbonyl (C=O) groups excluding carboxylic acids is 1. The van der Waals surface area contributed by atoms with E-state index in [0.29, 0.717) is 17.6 Å². The molecule has 1 spiro atoms. The summed E-state index contributed by atoms with van der Waals surface area (Å²) in [6, 6.07) is 0.533. The summed E-state index contributed by atoms with van der Waals surface area (Å²) in [6.45, 7) is 8.80. The van der Waals surface area contributed by atoms with Crippen LogP contribution in [0.3, 0.4) is 0 Å². The lowest BCUT2D eigenvalue weighted by molar-refractivity contribution is -0.175. The van der Waals surface area contributed by atoms with Crippen molar-refractivity contribution in [3.63, 3.8) is 0 Å². The molecule has 2 aliphatic carbocycles. The number of carbonyl (C=O) groups is 1. The van der Waals surface area contributed by atoms with Crippen molar-refractivity contribution >= 4 is 5.91 Å². The number of ether oxygens (including phenoxy) is 1. The third-order valence-corrected chi connectivity index (χ3v) is 4.71. The third kappa shape index (κ3) is 2.79. The zero-order valence-electron chi connectivity index (χ0n) is 12.7. The van der Waals surface area contributed by atoms with Crippen molar-refractivity contribution in [1.82, 2.24) is 10.6 Å². The summed E-state index contributed by atoms with van der Waals surface area (Å²) in [5.74, 6) is 0.101. The van der Waals surface area contributed by atoms with Crippen molar-refractivity contribution in [2.75, 3.05) is 6.61 Å². The van der Waals surface area contributed by atoms with Crippen LogP contribution in [0.5, 0.6) is 0 Å². The molecule has 19 heavy (non-hydrogen) atoms. The lowest BCUT2D eigenvalue weighted by atomic mass is 9.51. The molecule has 4 nitrogen and oxygen atoms in total. The van der Waals surface area contributed by atoms with Crippen LogP contribution in [0.4, 0.5) is 0 Å². The van der Waals surface area contributed by atoms with Crippen LogP contribution < -0.4 is 10.6 Å². The Morgan fingerprint density at radius 3 is 2.53 bits per heavy atom. The van der Waals surface area contributed by atoms with E-state index in [-0.39, 0.29) is 18.0 Å². The fourth-order valence-electron chi connectivity index (χ4n) is 3.46. The highest BCUT2D eigenvalue weighted by molar-refractivity contribution is 5.81. The largest absolute Gasteiger partial charge is 0.378 e. The second-order valence-electron chi connectivity index (χ2n) is 6.37.